The molecule has 15 nitrogen and oxygen atoms in total. The van der Waals surface area contributed by atoms with Gasteiger partial charge in [-0.25, -0.2) is 0 Å². The third kappa shape index (κ3) is 27.5. The number of carbonyl (C=O) groups is 1. The predicted octanol–water partition coefficient (Wildman–Crippen LogP) is -0.317. The smallest absolute Gasteiger partial charge is 0.875 e. The summed E-state index contributed by atoms with van der Waals surface area (Å²) in [4.78, 5) is 26.8. The van der Waals surface area contributed by atoms with Crippen LogP contribution in [0.25, 0.3) is 0 Å². The van der Waals surface area contributed by atoms with Crippen LogP contribution in [0.2, 0.25) is 0 Å². The second-order valence-electron chi connectivity index (χ2n) is 7.27. The molecule has 34 heavy (non-hydrogen) atoms. The average molecular weight is 529 g/mol. The predicted molar refractivity (Wildman–Crippen MR) is 119 cm³/mol. The molecule has 2 rings (SSSR count). The number of rotatable bonds is 1. The minimum atomic E-state index is -1.75. The van der Waals surface area contributed by atoms with E-state index >= 15 is 0 Å². The third-order valence-corrected chi connectivity index (χ3v) is 4.57. The first-order valence-electron chi connectivity index (χ1n) is 10.1. The van der Waals surface area contributed by atoms with Gasteiger partial charge in [0, 0.05) is 24.2 Å². The van der Waals surface area contributed by atoms with Crippen LogP contribution in [0.1, 0.15) is 65.2 Å². The number of nitrogens with zero attached hydrogens (tertiary/aromatic N) is 3. The molecule has 0 saturated heterocycles. The number of nitrogens with two attached hydrogens (primary N) is 4. The van der Waals surface area contributed by atoms with E-state index in [0.717, 1.165) is 25.7 Å². The van der Waals surface area contributed by atoms with Gasteiger partial charge in [0.05, 0.1) is 15.7 Å². The van der Waals surface area contributed by atoms with Crippen LogP contribution in [0, 0.1) is 42.0 Å². The summed E-state index contributed by atoms with van der Waals surface area (Å²) in [6.07, 6.45) is 9.60. The van der Waals surface area contributed by atoms with E-state index in [0.29, 0.717) is 0 Å². The van der Waals surface area contributed by atoms with Gasteiger partial charge in [-0.1, -0.05) is 32.6 Å². The molecular weight excluding hydrogens is 494 g/mol. The van der Waals surface area contributed by atoms with E-state index in [1.807, 2.05) is 0 Å². The summed E-state index contributed by atoms with van der Waals surface area (Å²) in [5, 5.41) is 48.0. The second-order valence-corrected chi connectivity index (χ2v) is 7.27. The Kier molecular flexibility index (Phi) is 26.9. The van der Waals surface area contributed by atoms with Crippen molar-refractivity contribution >= 4 is 5.78 Å². The number of ketones is 1. The molecule has 0 bridgehead atoms. The summed E-state index contributed by atoms with van der Waals surface area (Å²) in [7, 11) is 0. The monoisotopic (exact) mass is 528 g/mol. The van der Waals surface area contributed by atoms with E-state index in [2.05, 4.69) is 0 Å². The molecule has 0 aliphatic heterocycles. The molecular formula is C18H34CrN7O8. The van der Waals surface area contributed by atoms with Gasteiger partial charge in [-0.15, -0.1) is 5.76 Å². The van der Waals surface area contributed by atoms with Crippen molar-refractivity contribution in [2.45, 2.75) is 89.4 Å². The number of hydrogen-bond acceptors (Lipinski definition) is 13. The van der Waals surface area contributed by atoms with Crippen molar-refractivity contribution in [3.8, 4) is 6.07 Å². The number of hydrogen-bond donors (Lipinski definition) is 4. The third-order valence-electron chi connectivity index (χ3n) is 4.57. The fraction of sp³-hybridized carbons (Fsp3) is 0.778. The standard InChI is InChI=1S/2C6H14N2.C6H7NO2.Cr.2NO3/c2*7-5-3-1-2-4-6(5)8;1-4(8)6(3-7)5(2)9;;2*2-1(3)4/h2*5-6H,1-4,7-8H2;8H,1-2H3;;;/q;;;+3;2*-1/p-1/b;;6-4-;;;/t2*5-,6-;;;;/m11..../s1. The van der Waals surface area contributed by atoms with Crippen molar-refractivity contribution in [1.82, 2.24) is 0 Å². The molecule has 0 aromatic rings. The normalized spacial score (nSPS) is 23.2. The maximum atomic E-state index is 10.3. The molecule has 0 aromatic carbocycles. The minimum absolute atomic E-state index is 0. The number of carbonyl (C=O) groups excluding carboxylic acids is 1. The van der Waals surface area contributed by atoms with E-state index in [-0.39, 0.29) is 47.1 Å². The van der Waals surface area contributed by atoms with Crippen LogP contribution >= 0.6 is 0 Å². The van der Waals surface area contributed by atoms with Gasteiger partial charge in [-0.2, -0.15) is 5.26 Å². The van der Waals surface area contributed by atoms with E-state index < -0.39 is 21.7 Å². The van der Waals surface area contributed by atoms with Gasteiger partial charge in [-0.05, 0) is 32.6 Å². The topological polar surface area (TPSA) is 300 Å². The van der Waals surface area contributed by atoms with Gasteiger partial charge in [0.1, 0.15) is 6.07 Å². The quantitative estimate of drug-likeness (QED) is 0.112. The minimum Gasteiger partial charge on any atom is -0.875 e. The maximum absolute atomic E-state index is 10.3. The first kappa shape index (κ1) is 38.7. The average Bonchev–Trinajstić information content (AvgIpc) is 2.67. The fourth-order valence-corrected chi connectivity index (χ4v) is 2.78. The maximum Gasteiger partial charge on any atom is 3.00 e. The number of allylic oxidation sites excluding steroid dienone is 2. The Hall–Kier alpha value is -2.53. The number of nitriles is 1. The summed E-state index contributed by atoms with van der Waals surface area (Å²) < 4.78 is 0. The van der Waals surface area contributed by atoms with Gasteiger partial charge in [0.15, 0.2) is 5.78 Å². The Morgan fingerprint density at radius 3 is 1.03 bits per heavy atom. The van der Waals surface area contributed by atoms with Gasteiger partial charge < -0.3 is 58.7 Å². The Balaban J connectivity index is -0.000000170. The summed E-state index contributed by atoms with van der Waals surface area (Å²) in [5.41, 5.74) is 22.3. The molecule has 16 heteroatoms. The van der Waals surface area contributed by atoms with Crippen LogP contribution in [-0.4, -0.2) is 40.1 Å². The van der Waals surface area contributed by atoms with Gasteiger partial charge in [-0.3, -0.25) is 4.79 Å². The van der Waals surface area contributed by atoms with Crippen molar-refractivity contribution in [3.63, 3.8) is 0 Å². The first-order chi connectivity index (χ1) is 15.2. The molecule has 2 saturated carbocycles. The SMILES string of the molecule is CC(=O)/C(C#N)=C(/C)[O-].N[C@@H]1CCCC[C@H]1N.N[C@@H]1CCCC[C@H]1N.O=[N+]([O-])[O-].O=[N+]([O-])[O-].[Cr+3]. The Morgan fingerprint density at radius 1 is 0.765 bits per heavy atom. The Labute approximate surface area is 209 Å². The summed E-state index contributed by atoms with van der Waals surface area (Å²) >= 11 is 0. The second kappa shape index (κ2) is 23.6. The zero-order chi connectivity index (χ0) is 26.6. The van der Waals surface area contributed by atoms with Crippen LogP contribution in [0.5, 0.6) is 0 Å². The molecule has 8 N–H and O–H groups in total. The van der Waals surface area contributed by atoms with Crippen LogP contribution in [0.4, 0.5) is 0 Å². The van der Waals surface area contributed by atoms with Crippen molar-refractivity contribution in [3.05, 3.63) is 42.0 Å². The molecule has 4 atom stereocenters. The van der Waals surface area contributed by atoms with Crippen LogP contribution in [-0.2, 0) is 22.2 Å². The van der Waals surface area contributed by atoms with Gasteiger partial charge in [0.2, 0.25) is 0 Å². The number of Topliss-reactive ketones (excluding diaryl/α,β-unsaturated/α-hetero) is 1. The zero-order valence-electron chi connectivity index (χ0n) is 19.3. The fourth-order valence-electron chi connectivity index (χ4n) is 2.78. The van der Waals surface area contributed by atoms with Crippen LogP contribution < -0.4 is 28.0 Å². The first-order valence-corrected chi connectivity index (χ1v) is 10.1. The van der Waals surface area contributed by atoms with Crippen molar-refractivity contribution in [2.75, 3.05) is 0 Å². The molecule has 0 aromatic heterocycles. The molecule has 2 fully saturated rings. The van der Waals surface area contributed by atoms with Crippen LogP contribution in [0.3, 0.4) is 0 Å². The molecule has 2 aliphatic rings. The molecule has 0 spiro atoms. The molecule has 2 aliphatic carbocycles. The Morgan fingerprint density at radius 2 is 0.971 bits per heavy atom. The molecule has 195 valence electrons. The molecule has 0 unspecified atom stereocenters. The molecule has 1 radical (unpaired) electrons. The van der Waals surface area contributed by atoms with Crippen molar-refractivity contribution in [1.29, 1.82) is 5.26 Å². The van der Waals surface area contributed by atoms with Crippen LogP contribution in [0.15, 0.2) is 11.3 Å². The van der Waals surface area contributed by atoms with E-state index in [1.165, 1.54) is 45.6 Å². The Bertz CT molecular complexity index is 597. The van der Waals surface area contributed by atoms with Gasteiger partial charge >= 0.3 is 17.4 Å². The van der Waals surface area contributed by atoms with E-state index in [9.17, 15) is 9.90 Å². The molecule has 0 amide bonds. The summed E-state index contributed by atoms with van der Waals surface area (Å²) in [6.45, 7) is 2.39. The zero-order valence-corrected chi connectivity index (χ0v) is 20.6. The van der Waals surface area contributed by atoms with E-state index in [4.69, 9.17) is 58.8 Å². The molecule has 0 heterocycles. The van der Waals surface area contributed by atoms with Crippen molar-refractivity contribution in [2.24, 2.45) is 22.9 Å². The summed E-state index contributed by atoms with van der Waals surface area (Å²) in [6, 6.07) is 2.64. The largest absolute Gasteiger partial charge is 3.00 e. The van der Waals surface area contributed by atoms with E-state index in [1.54, 1.807) is 0 Å². The van der Waals surface area contributed by atoms with Crippen molar-refractivity contribution < 1.29 is 37.4 Å². The summed E-state index contributed by atoms with van der Waals surface area (Å²) in [5.74, 6) is -0.935. The van der Waals surface area contributed by atoms with Gasteiger partial charge in [0.25, 0.3) is 0 Å².